The van der Waals surface area contributed by atoms with Gasteiger partial charge in [0.15, 0.2) is 0 Å². The van der Waals surface area contributed by atoms with Crippen LogP contribution < -0.4 is 5.32 Å². The predicted molar refractivity (Wildman–Crippen MR) is 82.4 cm³/mol. The van der Waals surface area contributed by atoms with Crippen LogP contribution in [-0.2, 0) is 4.79 Å². The van der Waals surface area contributed by atoms with Crippen molar-refractivity contribution in [2.75, 3.05) is 20.6 Å². The molecule has 1 aromatic carbocycles. The van der Waals surface area contributed by atoms with Gasteiger partial charge in [0.2, 0.25) is 5.91 Å². The van der Waals surface area contributed by atoms with Gasteiger partial charge in [0.1, 0.15) is 10.8 Å². The first kappa shape index (κ1) is 15.3. The van der Waals surface area contributed by atoms with Gasteiger partial charge in [-0.05, 0) is 11.5 Å². The lowest BCUT2D eigenvalue weighted by molar-refractivity contribution is -0.120. The Morgan fingerprint density at radius 1 is 1.33 bits per heavy atom. The number of nitrogens with one attached hydrogen (secondary N) is 1. The number of fused-ring (bicyclic) bond motifs is 1. The minimum atomic E-state index is -0.258. The summed E-state index contributed by atoms with van der Waals surface area (Å²) in [5, 5.41) is 4.49. The molecule has 1 N–H and O–H groups in total. The molecule has 1 heterocycles. The minimum absolute atomic E-state index is 0.112. The van der Waals surface area contributed by atoms with Gasteiger partial charge in [-0.15, -0.1) is 0 Å². The number of hydrogen-bond donors (Lipinski definition) is 1. The maximum atomic E-state index is 12.3. The largest absolute Gasteiger partial charge is 0.359 e. The highest BCUT2D eigenvalue weighted by molar-refractivity contribution is 6.34. The van der Waals surface area contributed by atoms with Crippen LogP contribution in [-0.4, -0.2) is 42.3 Å². The lowest BCUT2D eigenvalue weighted by Crippen LogP contribution is -2.31. The number of rotatable bonds is 4. The Kier molecular flexibility index (Phi) is 4.75. The van der Waals surface area contributed by atoms with Gasteiger partial charge in [-0.3, -0.25) is 9.59 Å². The molecule has 0 radical (unpaired) electrons. The smallest absolute Gasteiger partial charge is 0.272 e. The van der Waals surface area contributed by atoms with Crippen LogP contribution in [0.4, 0.5) is 0 Å². The Morgan fingerprint density at radius 2 is 2.05 bits per heavy atom. The SMILES string of the molecule is CNC(=O)CCN(C)C(=O)c1cc2ccccc2c(Cl)n1. The molecular formula is C15H16ClN3O2. The van der Waals surface area contributed by atoms with E-state index < -0.39 is 0 Å². The molecule has 0 atom stereocenters. The Labute approximate surface area is 127 Å². The van der Waals surface area contributed by atoms with Gasteiger partial charge in [-0.1, -0.05) is 35.9 Å². The molecule has 5 nitrogen and oxygen atoms in total. The number of aromatic nitrogens is 1. The zero-order valence-corrected chi connectivity index (χ0v) is 12.6. The maximum absolute atomic E-state index is 12.3. The van der Waals surface area contributed by atoms with E-state index in [2.05, 4.69) is 10.3 Å². The molecule has 2 rings (SSSR count). The molecule has 0 saturated carbocycles. The number of pyridine rings is 1. The molecule has 0 aliphatic heterocycles. The summed E-state index contributed by atoms with van der Waals surface area (Å²) in [5.41, 5.74) is 0.276. The highest BCUT2D eigenvalue weighted by Gasteiger charge is 2.16. The van der Waals surface area contributed by atoms with E-state index in [-0.39, 0.29) is 23.9 Å². The average molecular weight is 306 g/mol. The van der Waals surface area contributed by atoms with Crippen molar-refractivity contribution >= 4 is 34.2 Å². The van der Waals surface area contributed by atoms with Gasteiger partial charge in [-0.25, -0.2) is 4.98 Å². The van der Waals surface area contributed by atoms with Crippen LogP contribution in [0.3, 0.4) is 0 Å². The summed E-state index contributed by atoms with van der Waals surface area (Å²) in [4.78, 5) is 29.1. The number of amides is 2. The molecule has 0 aliphatic carbocycles. The fraction of sp³-hybridized carbons (Fsp3) is 0.267. The quantitative estimate of drug-likeness (QED) is 0.880. The molecule has 21 heavy (non-hydrogen) atoms. The Balaban J connectivity index is 2.21. The van der Waals surface area contributed by atoms with Gasteiger partial charge in [0, 0.05) is 32.4 Å². The van der Waals surface area contributed by atoms with E-state index >= 15 is 0 Å². The second kappa shape index (κ2) is 6.54. The number of carbonyl (C=O) groups is 2. The third kappa shape index (κ3) is 3.49. The molecular weight excluding hydrogens is 290 g/mol. The fourth-order valence-electron chi connectivity index (χ4n) is 1.96. The first-order valence-electron chi connectivity index (χ1n) is 6.54. The average Bonchev–Trinajstić information content (AvgIpc) is 2.51. The zero-order valence-electron chi connectivity index (χ0n) is 11.9. The zero-order chi connectivity index (χ0) is 15.4. The molecule has 0 spiro atoms. The number of halogens is 1. The van der Waals surface area contributed by atoms with Crippen molar-refractivity contribution < 1.29 is 9.59 Å². The third-order valence-electron chi connectivity index (χ3n) is 3.21. The lowest BCUT2D eigenvalue weighted by Gasteiger charge is -2.16. The monoisotopic (exact) mass is 305 g/mol. The maximum Gasteiger partial charge on any atom is 0.272 e. The summed E-state index contributed by atoms with van der Waals surface area (Å²) in [6, 6.07) is 9.19. The van der Waals surface area contributed by atoms with Gasteiger partial charge in [0.05, 0.1) is 0 Å². The molecule has 1 aromatic heterocycles. The molecule has 0 fully saturated rings. The van der Waals surface area contributed by atoms with Crippen LogP contribution in [0, 0.1) is 0 Å². The van der Waals surface area contributed by atoms with Crippen molar-refractivity contribution in [3.63, 3.8) is 0 Å². The Bertz CT molecular complexity index is 688. The van der Waals surface area contributed by atoms with E-state index in [0.717, 1.165) is 10.8 Å². The summed E-state index contributed by atoms with van der Waals surface area (Å²) < 4.78 is 0. The molecule has 110 valence electrons. The van der Waals surface area contributed by atoms with Crippen LogP contribution in [0.25, 0.3) is 10.8 Å². The predicted octanol–water partition coefficient (Wildman–Crippen LogP) is 2.10. The highest BCUT2D eigenvalue weighted by Crippen LogP contribution is 2.22. The standard InChI is InChI=1S/C15H16ClN3O2/c1-17-13(20)7-8-19(2)15(21)12-9-10-5-3-4-6-11(10)14(16)18-12/h3-6,9H,7-8H2,1-2H3,(H,17,20). The van der Waals surface area contributed by atoms with Crippen LogP contribution in [0.1, 0.15) is 16.9 Å². The molecule has 0 unspecified atom stereocenters. The van der Waals surface area contributed by atoms with Crippen LogP contribution in [0.2, 0.25) is 5.15 Å². The Morgan fingerprint density at radius 3 is 2.76 bits per heavy atom. The normalized spacial score (nSPS) is 10.4. The first-order chi connectivity index (χ1) is 10.0. The van der Waals surface area contributed by atoms with E-state index in [1.807, 2.05) is 24.3 Å². The second-order valence-corrected chi connectivity index (χ2v) is 5.03. The summed E-state index contributed by atoms with van der Waals surface area (Å²) in [6.07, 6.45) is 0.250. The Hall–Kier alpha value is -2.14. The van der Waals surface area contributed by atoms with Gasteiger partial charge >= 0.3 is 0 Å². The lowest BCUT2D eigenvalue weighted by atomic mass is 10.1. The van der Waals surface area contributed by atoms with Crippen molar-refractivity contribution in [3.8, 4) is 0 Å². The highest BCUT2D eigenvalue weighted by atomic mass is 35.5. The summed E-state index contributed by atoms with van der Waals surface area (Å²) in [6.45, 7) is 0.324. The van der Waals surface area contributed by atoms with Crippen molar-refractivity contribution in [2.45, 2.75) is 6.42 Å². The van der Waals surface area contributed by atoms with Crippen LogP contribution in [0.5, 0.6) is 0 Å². The number of carbonyl (C=O) groups excluding carboxylic acids is 2. The molecule has 0 bridgehead atoms. The van der Waals surface area contributed by atoms with E-state index in [0.29, 0.717) is 11.7 Å². The second-order valence-electron chi connectivity index (χ2n) is 4.67. The van der Waals surface area contributed by atoms with E-state index in [9.17, 15) is 9.59 Å². The number of nitrogens with zero attached hydrogens (tertiary/aromatic N) is 2. The fourth-order valence-corrected chi connectivity index (χ4v) is 2.22. The number of hydrogen-bond acceptors (Lipinski definition) is 3. The first-order valence-corrected chi connectivity index (χ1v) is 6.92. The molecule has 2 aromatic rings. The van der Waals surface area contributed by atoms with Gasteiger partial charge < -0.3 is 10.2 Å². The summed E-state index contributed by atoms with van der Waals surface area (Å²) >= 11 is 6.11. The number of benzene rings is 1. The van der Waals surface area contributed by atoms with Gasteiger partial charge in [0.25, 0.3) is 5.91 Å². The van der Waals surface area contributed by atoms with Crippen molar-refractivity contribution in [2.24, 2.45) is 0 Å². The van der Waals surface area contributed by atoms with Crippen molar-refractivity contribution in [1.82, 2.24) is 15.2 Å². The molecule has 2 amide bonds. The summed E-state index contributed by atoms with van der Waals surface area (Å²) in [5.74, 6) is -0.370. The molecule has 0 aliphatic rings. The van der Waals surface area contributed by atoms with E-state index in [1.165, 1.54) is 4.90 Å². The topological polar surface area (TPSA) is 62.3 Å². The minimum Gasteiger partial charge on any atom is -0.359 e. The van der Waals surface area contributed by atoms with Crippen molar-refractivity contribution in [1.29, 1.82) is 0 Å². The van der Waals surface area contributed by atoms with Crippen LogP contribution in [0.15, 0.2) is 30.3 Å². The van der Waals surface area contributed by atoms with Crippen LogP contribution >= 0.6 is 11.6 Å². The molecule has 6 heteroatoms. The summed E-state index contributed by atoms with van der Waals surface area (Å²) in [7, 11) is 3.20. The van der Waals surface area contributed by atoms with E-state index in [4.69, 9.17) is 11.6 Å². The van der Waals surface area contributed by atoms with Gasteiger partial charge in [-0.2, -0.15) is 0 Å². The molecule has 0 saturated heterocycles. The van der Waals surface area contributed by atoms with Crippen molar-refractivity contribution in [3.05, 3.63) is 41.2 Å². The third-order valence-corrected chi connectivity index (χ3v) is 3.50. The van der Waals surface area contributed by atoms with E-state index in [1.54, 1.807) is 20.2 Å².